The van der Waals surface area contributed by atoms with Crippen molar-refractivity contribution in [2.45, 2.75) is 36.2 Å². The summed E-state index contributed by atoms with van der Waals surface area (Å²) in [4.78, 5) is 4.20. The number of hydrogen-bond donors (Lipinski definition) is 1. The molecule has 0 amide bonds. The molecule has 1 N–H and O–H groups in total. The third-order valence-electron chi connectivity index (χ3n) is 4.23. The van der Waals surface area contributed by atoms with Crippen LogP contribution in [0.25, 0.3) is 0 Å². The zero-order chi connectivity index (χ0) is 12.4. The maximum absolute atomic E-state index is 3.45. The minimum absolute atomic E-state index is 0.651. The lowest BCUT2D eigenvalue weighted by Crippen LogP contribution is -2.46. The number of hydrogen-bond acceptors (Lipinski definition) is 3. The van der Waals surface area contributed by atoms with Crippen LogP contribution in [-0.2, 0) is 0 Å². The summed E-state index contributed by atoms with van der Waals surface area (Å²) >= 11 is 2.02. The van der Waals surface area contributed by atoms with Gasteiger partial charge in [-0.2, -0.15) is 0 Å². The Morgan fingerprint density at radius 2 is 2.17 bits per heavy atom. The van der Waals surface area contributed by atoms with E-state index < -0.39 is 0 Å². The molecule has 1 fully saturated rings. The van der Waals surface area contributed by atoms with Crippen LogP contribution in [0.2, 0.25) is 0 Å². The van der Waals surface area contributed by atoms with Crippen LogP contribution in [0.5, 0.6) is 0 Å². The van der Waals surface area contributed by atoms with Crippen molar-refractivity contribution < 1.29 is 0 Å². The molecule has 0 aliphatic carbocycles. The number of nitrogens with one attached hydrogen (secondary N) is 1. The van der Waals surface area contributed by atoms with Gasteiger partial charge < -0.3 is 5.32 Å². The summed E-state index contributed by atoms with van der Waals surface area (Å²) < 4.78 is 0. The van der Waals surface area contributed by atoms with Crippen molar-refractivity contribution in [3.05, 3.63) is 29.8 Å². The molecule has 2 aliphatic heterocycles. The Labute approximate surface area is 114 Å². The Bertz CT molecular complexity index is 407. The second kappa shape index (κ2) is 5.64. The van der Waals surface area contributed by atoms with Gasteiger partial charge in [-0.3, -0.25) is 4.90 Å². The molecule has 2 atom stereocenters. The Balaban J connectivity index is 1.80. The fourth-order valence-electron chi connectivity index (χ4n) is 3.23. The lowest BCUT2D eigenvalue weighted by atomic mass is 9.97. The molecule has 1 aromatic carbocycles. The molecule has 2 heterocycles. The first-order chi connectivity index (χ1) is 8.88. The van der Waals surface area contributed by atoms with E-state index in [1.165, 1.54) is 43.0 Å². The topological polar surface area (TPSA) is 15.3 Å². The molecule has 0 aromatic heterocycles. The second-order valence-corrected chi connectivity index (χ2v) is 6.45. The number of rotatable bonds is 2. The lowest BCUT2D eigenvalue weighted by molar-refractivity contribution is 0.134. The molecule has 3 heteroatoms. The molecule has 1 aromatic rings. The van der Waals surface area contributed by atoms with Gasteiger partial charge >= 0.3 is 0 Å². The quantitative estimate of drug-likeness (QED) is 0.882. The predicted molar refractivity (Wildman–Crippen MR) is 78.2 cm³/mol. The Morgan fingerprint density at radius 1 is 1.28 bits per heavy atom. The lowest BCUT2D eigenvalue weighted by Gasteiger charge is -2.40. The van der Waals surface area contributed by atoms with Gasteiger partial charge in [0, 0.05) is 23.5 Å². The highest BCUT2D eigenvalue weighted by molar-refractivity contribution is 7.99. The predicted octanol–water partition coefficient (Wildman–Crippen LogP) is 2.91. The summed E-state index contributed by atoms with van der Waals surface area (Å²) in [5.41, 5.74) is 1.56. The first-order valence-corrected chi connectivity index (χ1v) is 8.00. The maximum Gasteiger partial charge on any atom is 0.0367 e. The normalized spacial score (nSPS) is 28.9. The van der Waals surface area contributed by atoms with Gasteiger partial charge in [0.05, 0.1) is 0 Å². The van der Waals surface area contributed by atoms with Crippen molar-refractivity contribution in [3.63, 3.8) is 0 Å². The molecular weight excluding hydrogens is 240 g/mol. The van der Waals surface area contributed by atoms with E-state index in [4.69, 9.17) is 0 Å². The van der Waals surface area contributed by atoms with Crippen LogP contribution < -0.4 is 5.32 Å². The van der Waals surface area contributed by atoms with Crippen LogP contribution in [-0.4, -0.2) is 36.8 Å². The van der Waals surface area contributed by atoms with E-state index in [9.17, 15) is 0 Å². The average Bonchev–Trinajstić information content (AvgIpc) is 2.47. The summed E-state index contributed by atoms with van der Waals surface area (Å²) in [5.74, 6) is 1.27. The van der Waals surface area contributed by atoms with E-state index in [1.807, 2.05) is 11.8 Å². The largest absolute Gasteiger partial charge is 0.316 e. The molecule has 0 saturated carbocycles. The molecular formula is C15H22N2S. The zero-order valence-corrected chi connectivity index (χ0v) is 11.9. The highest BCUT2D eigenvalue weighted by Crippen LogP contribution is 2.39. The number of piperidine rings is 1. The highest BCUT2D eigenvalue weighted by atomic mass is 32.2. The summed E-state index contributed by atoms with van der Waals surface area (Å²) in [5, 5.41) is 3.45. The van der Waals surface area contributed by atoms with Crippen LogP contribution in [0.15, 0.2) is 29.2 Å². The standard InChI is InChI=1S/C15H22N2S/c1-16-12-5-4-9-17(11-12)14-8-10-18-15-7-3-2-6-13(14)15/h2-3,6-7,12,14,16H,4-5,8-11H2,1H3. The number of thioether (sulfide) groups is 1. The van der Waals surface area contributed by atoms with Crippen LogP contribution in [0.3, 0.4) is 0 Å². The molecule has 98 valence electrons. The van der Waals surface area contributed by atoms with Gasteiger partial charge in [0.15, 0.2) is 0 Å². The first kappa shape index (κ1) is 12.5. The minimum Gasteiger partial charge on any atom is -0.316 e. The number of nitrogens with zero attached hydrogens (tertiary/aromatic N) is 1. The summed E-state index contributed by atoms with van der Waals surface area (Å²) in [6.45, 7) is 2.47. The van der Waals surface area contributed by atoms with Crippen molar-refractivity contribution in [3.8, 4) is 0 Å². The van der Waals surface area contributed by atoms with Gasteiger partial charge in [-0.25, -0.2) is 0 Å². The Morgan fingerprint density at radius 3 is 3.06 bits per heavy atom. The molecule has 3 rings (SSSR count). The van der Waals surface area contributed by atoms with Crippen molar-refractivity contribution in [1.82, 2.24) is 10.2 Å². The van der Waals surface area contributed by atoms with Crippen LogP contribution in [0.1, 0.15) is 30.9 Å². The van der Waals surface area contributed by atoms with E-state index in [0.29, 0.717) is 12.1 Å². The number of benzene rings is 1. The summed E-state index contributed by atoms with van der Waals surface area (Å²) in [6.07, 6.45) is 3.96. The minimum atomic E-state index is 0.651. The van der Waals surface area contributed by atoms with Crippen molar-refractivity contribution in [1.29, 1.82) is 0 Å². The van der Waals surface area contributed by atoms with Crippen LogP contribution in [0, 0.1) is 0 Å². The average molecular weight is 262 g/mol. The van der Waals surface area contributed by atoms with Crippen molar-refractivity contribution >= 4 is 11.8 Å². The molecule has 0 radical (unpaired) electrons. The van der Waals surface area contributed by atoms with Gasteiger partial charge in [-0.05, 0) is 50.2 Å². The van der Waals surface area contributed by atoms with Crippen molar-refractivity contribution in [2.75, 3.05) is 25.9 Å². The molecule has 1 saturated heterocycles. The Kier molecular flexibility index (Phi) is 3.92. The van der Waals surface area contributed by atoms with E-state index >= 15 is 0 Å². The third kappa shape index (κ3) is 2.44. The van der Waals surface area contributed by atoms with Gasteiger partial charge in [-0.1, -0.05) is 18.2 Å². The Hall–Kier alpha value is -0.510. The molecule has 2 aliphatic rings. The SMILES string of the molecule is CNC1CCCN(C2CCSc3ccccc32)C1. The van der Waals surface area contributed by atoms with Gasteiger partial charge in [0.25, 0.3) is 0 Å². The zero-order valence-electron chi connectivity index (χ0n) is 11.1. The van der Waals surface area contributed by atoms with E-state index in [2.05, 4.69) is 41.5 Å². The van der Waals surface area contributed by atoms with Crippen LogP contribution >= 0.6 is 11.8 Å². The van der Waals surface area contributed by atoms with Gasteiger partial charge in [0.1, 0.15) is 0 Å². The fraction of sp³-hybridized carbons (Fsp3) is 0.600. The van der Waals surface area contributed by atoms with Crippen LogP contribution in [0.4, 0.5) is 0 Å². The van der Waals surface area contributed by atoms with Crippen molar-refractivity contribution in [2.24, 2.45) is 0 Å². The number of likely N-dealkylation sites (N-methyl/N-ethyl adjacent to an activating group) is 1. The second-order valence-electron chi connectivity index (χ2n) is 5.31. The highest BCUT2D eigenvalue weighted by Gasteiger charge is 2.29. The van der Waals surface area contributed by atoms with E-state index in [1.54, 1.807) is 5.56 Å². The number of fused-ring (bicyclic) bond motifs is 1. The molecule has 2 nitrogen and oxygen atoms in total. The molecule has 0 bridgehead atoms. The monoisotopic (exact) mass is 262 g/mol. The molecule has 2 unspecified atom stereocenters. The van der Waals surface area contributed by atoms with Gasteiger partial charge in [0.2, 0.25) is 0 Å². The number of likely N-dealkylation sites (tertiary alicyclic amines) is 1. The molecule has 0 spiro atoms. The van der Waals surface area contributed by atoms with E-state index in [-0.39, 0.29) is 0 Å². The summed E-state index contributed by atoms with van der Waals surface area (Å²) in [6, 6.07) is 10.3. The van der Waals surface area contributed by atoms with Gasteiger partial charge in [-0.15, -0.1) is 11.8 Å². The summed E-state index contributed by atoms with van der Waals surface area (Å²) in [7, 11) is 2.10. The van der Waals surface area contributed by atoms with E-state index in [0.717, 1.165) is 0 Å². The first-order valence-electron chi connectivity index (χ1n) is 7.01. The smallest absolute Gasteiger partial charge is 0.0367 e. The fourth-order valence-corrected chi connectivity index (χ4v) is 4.33. The third-order valence-corrected chi connectivity index (χ3v) is 5.35. The molecule has 18 heavy (non-hydrogen) atoms. The maximum atomic E-state index is 3.45.